The lowest BCUT2D eigenvalue weighted by Crippen LogP contribution is -3.15. The van der Waals surface area contributed by atoms with Crippen molar-refractivity contribution < 1.29 is 14.5 Å². The second-order valence-electron chi connectivity index (χ2n) is 8.81. The van der Waals surface area contributed by atoms with Crippen molar-refractivity contribution in [2.24, 2.45) is 17.8 Å². The van der Waals surface area contributed by atoms with Gasteiger partial charge in [0.2, 0.25) is 11.8 Å². The molecule has 3 fully saturated rings. The maximum atomic E-state index is 12.1. The van der Waals surface area contributed by atoms with Gasteiger partial charge in [0.05, 0.1) is 39.1 Å². The Balaban J connectivity index is 1.09. The molecule has 1 aliphatic heterocycles. The van der Waals surface area contributed by atoms with Crippen LogP contribution in [0.4, 0.5) is 5.69 Å². The second kappa shape index (κ2) is 8.95. The van der Waals surface area contributed by atoms with E-state index in [-0.39, 0.29) is 11.8 Å². The van der Waals surface area contributed by atoms with Crippen molar-refractivity contribution in [2.45, 2.75) is 38.5 Å². The third-order valence-corrected chi connectivity index (χ3v) is 6.97. The lowest BCUT2D eigenvalue weighted by atomic mass is 9.86. The van der Waals surface area contributed by atoms with Crippen LogP contribution in [-0.4, -0.2) is 44.5 Å². The van der Waals surface area contributed by atoms with Crippen LogP contribution in [-0.2, 0) is 9.59 Å². The van der Waals surface area contributed by atoms with E-state index in [1.54, 1.807) is 0 Å². The van der Waals surface area contributed by atoms with Gasteiger partial charge in [-0.2, -0.15) is 0 Å². The number of fused-ring (bicyclic) bond motifs is 2. The molecular formula is C22H33N4O2+. The smallest absolute Gasteiger partial charge is 0.244 e. The van der Waals surface area contributed by atoms with E-state index in [0.29, 0.717) is 18.8 Å². The molecule has 2 bridgehead atoms. The molecule has 4 rings (SSSR count). The highest BCUT2D eigenvalue weighted by molar-refractivity contribution is 5.82. The predicted molar refractivity (Wildman–Crippen MR) is 109 cm³/mol. The molecule has 2 aliphatic carbocycles. The quantitative estimate of drug-likeness (QED) is 0.634. The van der Waals surface area contributed by atoms with E-state index in [9.17, 15) is 9.59 Å². The van der Waals surface area contributed by atoms with Crippen molar-refractivity contribution in [1.82, 2.24) is 10.9 Å². The number of anilines is 1. The van der Waals surface area contributed by atoms with E-state index in [4.69, 9.17) is 0 Å². The summed E-state index contributed by atoms with van der Waals surface area (Å²) < 4.78 is 0. The Morgan fingerprint density at radius 3 is 2.43 bits per heavy atom. The van der Waals surface area contributed by atoms with Gasteiger partial charge < -0.3 is 9.80 Å². The van der Waals surface area contributed by atoms with Crippen LogP contribution in [0.2, 0.25) is 0 Å². The van der Waals surface area contributed by atoms with Crippen molar-refractivity contribution in [1.29, 1.82) is 0 Å². The van der Waals surface area contributed by atoms with Crippen LogP contribution in [0, 0.1) is 17.8 Å². The molecule has 0 aromatic heterocycles. The zero-order valence-corrected chi connectivity index (χ0v) is 16.7. The number of nitrogens with one attached hydrogen (secondary N) is 3. The van der Waals surface area contributed by atoms with Gasteiger partial charge in [0.15, 0.2) is 0 Å². The first-order valence-corrected chi connectivity index (χ1v) is 10.9. The van der Waals surface area contributed by atoms with Crippen molar-refractivity contribution in [3.8, 4) is 0 Å². The van der Waals surface area contributed by atoms with Gasteiger partial charge in [-0.3, -0.25) is 20.4 Å². The number of amides is 2. The molecular weight excluding hydrogens is 352 g/mol. The van der Waals surface area contributed by atoms with Crippen molar-refractivity contribution in [2.75, 3.05) is 37.6 Å². The molecule has 0 unspecified atom stereocenters. The van der Waals surface area contributed by atoms with E-state index in [1.165, 1.54) is 36.3 Å². The number of piperazine rings is 1. The van der Waals surface area contributed by atoms with Crippen molar-refractivity contribution in [3.63, 3.8) is 0 Å². The van der Waals surface area contributed by atoms with E-state index >= 15 is 0 Å². The number of quaternary nitrogens is 1. The molecule has 0 spiro atoms. The monoisotopic (exact) mass is 385 g/mol. The van der Waals surface area contributed by atoms with Crippen molar-refractivity contribution in [3.05, 3.63) is 30.3 Å². The summed E-state index contributed by atoms with van der Waals surface area (Å²) in [6.07, 6.45) is 6.16. The third kappa shape index (κ3) is 4.85. The van der Waals surface area contributed by atoms with E-state index in [2.05, 4.69) is 40.0 Å². The number of hydrogen-bond acceptors (Lipinski definition) is 3. The molecule has 3 aliphatic rings. The number of benzene rings is 1. The van der Waals surface area contributed by atoms with Gasteiger partial charge in [-0.1, -0.05) is 24.6 Å². The SMILES string of the molecule is O=C(CC[NH+]1CCN(c2ccccc2)CC1)NNC(=O)C[C@H]1C[C@H]2CC[C@@H]1C2. The topological polar surface area (TPSA) is 65.9 Å². The predicted octanol–water partition coefficient (Wildman–Crippen LogP) is 0.755. The number of rotatable bonds is 6. The number of carbonyl (C=O) groups excluding carboxylic acids is 2. The Kier molecular flexibility index (Phi) is 6.15. The van der Waals surface area contributed by atoms with Crippen molar-refractivity contribution >= 4 is 17.5 Å². The number of para-hydroxylation sites is 1. The minimum atomic E-state index is -0.0840. The molecule has 28 heavy (non-hydrogen) atoms. The molecule has 1 aromatic rings. The maximum Gasteiger partial charge on any atom is 0.244 e. The fourth-order valence-corrected chi connectivity index (χ4v) is 5.38. The summed E-state index contributed by atoms with van der Waals surface area (Å²) in [6.45, 7) is 4.93. The average molecular weight is 386 g/mol. The first-order chi connectivity index (χ1) is 13.7. The molecule has 6 nitrogen and oxygen atoms in total. The molecule has 2 saturated carbocycles. The Labute approximate surface area is 167 Å². The summed E-state index contributed by atoms with van der Waals surface area (Å²) in [7, 11) is 0. The van der Waals surface area contributed by atoms with Gasteiger partial charge in [-0.15, -0.1) is 0 Å². The molecule has 2 amide bonds. The molecule has 3 atom stereocenters. The molecule has 1 saturated heterocycles. The number of hydrazine groups is 1. The van der Waals surface area contributed by atoms with E-state index < -0.39 is 0 Å². The van der Waals surface area contributed by atoms with Crippen LogP contribution in [0.15, 0.2) is 30.3 Å². The summed E-state index contributed by atoms with van der Waals surface area (Å²) in [5.41, 5.74) is 6.52. The Morgan fingerprint density at radius 2 is 1.75 bits per heavy atom. The van der Waals surface area contributed by atoms with Crippen LogP contribution in [0.1, 0.15) is 38.5 Å². The Hall–Kier alpha value is -2.08. The van der Waals surface area contributed by atoms with Gasteiger partial charge >= 0.3 is 0 Å². The van der Waals surface area contributed by atoms with Crippen LogP contribution in [0.3, 0.4) is 0 Å². The molecule has 6 heteroatoms. The largest absolute Gasteiger partial charge is 0.360 e. The average Bonchev–Trinajstić information content (AvgIpc) is 3.35. The first kappa shape index (κ1) is 19.2. The molecule has 0 radical (unpaired) electrons. The van der Waals surface area contributed by atoms with E-state index in [1.807, 2.05) is 6.07 Å². The Morgan fingerprint density at radius 1 is 1.00 bits per heavy atom. The number of nitrogens with zero attached hydrogens (tertiary/aromatic N) is 1. The van der Waals surface area contributed by atoms with Gasteiger partial charge in [0.25, 0.3) is 0 Å². The lowest BCUT2D eigenvalue weighted by molar-refractivity contribution is -0.900. The zero-order chi connectivity index (χ0) is 19.3. The summed E-state index contributed by atoms with van der Waals surface area (Å²) in [5, 5.41) is 0. The highest BCUT2D eigenvalue weighted by atomic mass is 16.2. The van der Waals surface area contributed by atoms with Crippen LogP contribution >= 0.6 is 0 Å². The van der Waals surface area contributed by atoms with E-state index in [0.717, 1.165) is 44.6 Å². The minimum Gasteiger partial charge on any atom is -0.360 e. The lowest BCUT2D eigenvalue weighted by Gasteiger charge is -2.33. The molecule has 152 valence electrons. The van der Waals surface area contributed by atoms with Crippen LogP contribution in [0.5, 0.6) is 0 Å². The van der Waals surface area contributed by atoms with Gasteiger partial charge in [0, 0.05) is 12.1 Å². The fourth-order valence-electron chi connectivity index (χ4n) is 5.38. The summed E-state index contributed by atoms with van der Waals surface area (Å²) in [4.78, 5) is 28.1. The van der Waals surface area contributed by atoms with Crippen LogP contribution in [0.25, 0.3) is 0 Å². The Bertz CT molecular complexity index is 672. The minimum absolute atomic E-state index is 0.0327. The molecule has 1 heterocycles. The summed E-state index contributed by atoms with van der Waals surface area (Å²) in [5.74, 6) is 2.00. The number of hydrogen-bond donors (Lipinski definition) is 3. The maximum absolute atomic E-state index is 12.1. The van der Waals surface area contributed by atoms with Crippen LogP contribution < -0.4 is 20.7 Å². The molecule has 3 N–H and O–H groups in total. The summed E-state index contributed by atoms with van der Waals surface area (Å²) in [6, 6.07) is 10.5. The van der Waals surface area contributed by atoms with Gasteiger partial charge in [-0.05, 0) is 49.1 Å². The standard InChI is InChI=1S/C22H32N4O2/c27-21(23-24-22(28)16-19-15-17-6-7-18(19)14-17)8-9-25-10-12-26(13-11-25)20-4-2-1-3-5-20/h1-5,17-19H,6-16H2,(H,23,27)(H,24,28)/p+1/t17-,18+,19+/m0/s1. The van der Waals surface area contributed by atoms with Gasteiger partial charge in [0.1, 0.15) is 0 Å². The van der Waals surface area contributed by atoms with Gasteiger partial charge in [-0.25, -0.2) is 0 Å². The third-order valence-electron chi connectivity index (χ3n) is 6.97. The fraction of sp³-hybridized carbons (Fsp3) is 0.636. The number of carbonyl (C=O) groups is 2. The highest BCUT2D eigenvalue weighted by Crippen LogP contribution is 2.49. The molecule has 1 aromatic carbocycles. The highest BCUT2D eigenvalue weighted by Gasteiger charge is 2.40. The first-order valence-electron chi connectivity index (χ1n) is 10.9. The second-order valence-corrected chi connectivity index (χ2v) is 8.81. The zero-order valence-electron chi connectivity index (χ0n) is 16.7. The normalized spacial score (nSPS) is 27.0. The summed E-state index contributed by atoms with van der Waals surface area (Å²) >= 11 is 0.